The third kappa shape index (κ3) is 6.41. The zero-order valence-corrected chi connectivity index (χ0v) is 19.8. The molecule has 3 aliphatic heterocycles. The van der Waals surface area contributed by atoms with E-state index in [1.807, 2.05) is 0 Å². The van der Waals surface area contributed by atoms with Crippen molar-refractivity contribution in [3.05, 3.63) is 0 Å². The van der Waals surface area contributed by atoms with Crippen LogP contribution in [-0.4, -0.2) is 181 Å². The van der Waals surface area contributed by atoms with E-state index in [9.17, 15) is 55.9 Å². The molecule has 0 spiro atoms. The molecular weight excluding hydrogens is 528 g/mol. The molecule has 0 amide bonds. The third-order valence-corrected chi connectivity index (χ3v) is 6.46. The number of hydrogen-bond acceptors (Lipinski definition) is 18. The summed E-state index contributed by atoms with van der Waals surface area (Å²) < 4.78 is 31.6. The Balaban J connectivity index is 1.77. The molecule has 0 aromatic rings. The second kappa shape index (κ2) is 13.5. The first kappa shape index (κ1) is 31.4. The van der Waals surface area contributed by atoms with Crippen LogP contribution in [-0.2, 0) is 33.2 Å². The molecule has 222 valence electrons. The molecule has 3 aliphatic rings. The lowest BCUT2D eigenvalue weighted by molar-refractivity contribution is -0.378. The van der Waals surface area contributed by atoms with Crippen molar-refractivity contribution in [3.63, 3.8) is 0 Å². The summed E-state index contributed by atoms with van der Waals surface area (Å²) in [4.78, 5) is 11.6. The Kier molecular flexibility index (Phi) is 11.1. The molecule has 0 aliphatic carbocycles. The Hall–Kier alpha value is -1.17. The summed E-state index contributed by atoms with van der Waals surface area (Å²) >= 11 is 0. The Morgan fingerprint density at radius 1 is 0.553 bits per heavy atom. The number of rotatable bonds is 9. The van der Waals surface area contributed by atoms with Crippen LogP contribution in [0.2, 0.25) is 0 Å². The standard InChI is InChI=1S/C20H34O18/c21-1-5-9(26)10(27)17(36-8(25)4-24)20(34-5)38-16-7(3-23)35-19(14(31)12(16)29)37-15-6(2-22)33-18(32)13(30)11(15)28/h5-7,9-24,26-32H,1-4H2/t5-,6-,7-,9-,10+,11-,12-,13-,14-,15-,16-,17-,18?,19-,20-/m1/s1. The lowest BCUT2D eigenvalue weighted by Crippen LogP contribution is -2.66. The van der Waals surface area contributed by atoms with Crippen molar-refractivity contribution in [1.29, 1.82) is 0 Å². The summed E-state index contributed by atoms with van der Waals surface area (Å²) in [5, 5.41) is 109. The fraction of sp³-hybridized carbons (Fsp3) is 0.950. The summed E-state index contributed by atoms with van der Waals surface area (Å²) in [6.07, 6.45) is -26.1. The summed E-state index contributed by atoms with van der Waals surface area (Å²) in [5.74, 6) is -1.24. The van der Waals surface area contributed by atoms with E-state index in [-0.39, 0.29) is 0 Å². The maximum atomic E-state index is 11.6. The van der Waals surface area contributed by atoms with Crippen LogP contribution in [0.5, 0.6) is 0 Å². The number of carbonyl (C=O) groups excluding carboxylic acids is 1. The van der Waals surface area contributed by atoms with E-state index >= 15 is 0 Å². The molecule has 0 saturated carbocycles. The first-order chi connectivity index (χ1) is 18.0. The van der Waals surface area contributed by atoms with Gasteiger partial charge < -0.3 is 84.6 Å². The minimum absolute atomic E-state index is 0.792. The van der Waals surface area contributed by atoms with Gasteiger partial charge in [0, 0.05) is 0 Å². The summed E-state index contributed by atoms with van der Waals surface area (Å²) in [6.45, 7) is -3.61. The van der Waals surface area contributed by atoms with Gasteiger partial charge >= 0.3 is 5.97 Å². The number of aliphatic hydroxyl groups excluding tert-OH is 11. The Labute approximate surface area is 214 Å². The van der Waals surface area contributed by atoms with Gasteiger partial charge in [-0.2, -0.15) is 0 Å². The predicted molar refractivity (Wildman–Crippen MR) is 112 cm³/mol. The molecule has 3 heterocycles. The van der Waals surface area contributed by atoms with Crippen molar-refractivity contribution in [2.75, 3.05) is 26.4 Å². The molecule has 1 unspecified atom stereocenters. The number of esters is 1. The van der Waals surface area contributed by atoms with Gasteiger partial charge in [0.25, 0.3) is 0 Å². The van der Waals surface area contributed by atoms with E-state index in [0.717, 1.165) is 0 Å². The normalized spacial score (nSPS) is 48.0. The van der Waals surface area contributed by atoms with Gasteiger partial charge in [-0.05, 0) is 0 Å². The van der Waals surface area contributed by atoms with E-state index in [0.29, 0.717) is 0 Å². The molecule has 11 N–H and O–H groups in total. The van der Waals surface area contributed by atoms with Gasteiger partial charge in [0.15, 0.2) is 25.0 Å². The molecule has 3 rings (SSSR count). The van der Waals surface area contributed by atoms with Gasteiger partial charge in [-0.3, -0.25) is 0 Å². The van der Waals surface area contributed by atoms with Gasteiger partial charge in [-0.15, -0.1) is 0 Å². The molecule has 0 radical (unpaired) electrons. The molecule has 38 heavy (non-hydrogen) atoms. The van der Waals surface area contributed by atoms with E-state index in [1.54, 1.807) is 0 Å². The molecule has 15 atom stereocenters. The summed E-state index contributed by atoms with van der Waals surface area (Å²) in [7, 11) is 0. The van der Waals surface area contributed by atoms with Crippen molar-refractivity contribution in [2.24, 2.45) is 0 Å². The number of aliphatic hydroxyl groups is 11. The van der Waals surface area contributed by atoms with Crippen molar-refractivity contribution < 1.29 is 89.4 Å². The molecule has 18 nitrogen and oxygen atoms in total. The van der Waals surface area contributed by atoms with E-state index in [4.69, 9.17) is 33.5 Å². The van der Waals surface area contributed by atoms with Crippen LogP contribution in [0.4, 0.5) is 0 Å². The highest BCUT2D eigenvalue weighted by atomic mass is 16.8. The van der Waals surface area contributed by atoms with E-state index in [2.05, 4.69) is 0 Å². The monoisotopic (exact) mass is 562 g/mol. The van der Waals surface area contributed by atoms with Crippen LogP contribution in [0.3, 0.4) is 0 Å². The Morgan fingerprint density at radius 3 is 1.58 bits per heavy atom. The highest BCUT2D eigenvalue weighted by molar-refractivity contribution is 5.70. The fourth-order valence-electron chi connectivity index (χ4n) is 4.36. The smallest absolute Gasteiger partial charge is 0.332 e. The van der Waals surface area contributed by atoms with Crippen LogP contribution in [0.15, 0.2) is 0 Å². The van der Waals surface area contributed by atoms with Crippen LogP contribution in [0, 0.1) is 0 Å². The largest absolute Gasteiger partial charge is 0.452 e. The van der Waals surface area contributed by atoms with Gasteiger partial charge in [-0.1, -0.05) is 0 Å². The fourth-order valence-corrected chi connectivity index (χ4v) is 4.36. The van der Waals surface area contributed by atoms with Crippen LogP contribution in [0.25, 0.3) is 0 Å². The molecule has 0 bridgehead atoms. The lowest BCUT2D eigenvalue weighted by atomic mass is 9.96. The molecule has 0 aromatic heterocycles. The van der Waals surface area contributed by atoms with Crippen molar-refractivity contribution in [1.82, 2.24) is 0 Å². The zero-order valence-electron chi connectivity index (χ0n) is 19.8. The van der Waals surface area contributed by atoms with Crippen molar-refractivity contribution in [3.8, 4) is 0 Å². The van der Waals surface area contributed by atoms with E-state index in [1.165, 1.54) is 0 Å². The van der Waals surface area contributed by atoms with Gasteiger partial charge in [0.05, 0.1) is 19.8 Å². The van der Waals surface area contributed by atoms with Crippen molar-refractivity contribution in [2.45, 2.75) is 92.1 Å². The number of hydrogen-bond donors (Lipinski definition) is 11. The van der Waals surface area contributed by atoms with Gasteiger partial charge in [-0.25, -0.2) is 4.79 Å². The number of ether oxygens (including phenoxy) is 6. The Morgan fingerprint density at radius 2 is 1.03 bits per heavy atom. The first-order valence-electron chi connectivity index (χ1n) is 11.7. The van der Waals surface area contributed by atoms with Crippen molar-refractivity contribution >= 4 is 5.97 Å². The molecule has 0 aromatic carbocycles. The van der Waals surface area contributed by atoms with Crippen LogP contribution in [0.1, 0.15) is 0 Å². The molecule has 3 fully saturated rings. The molecule has 3 saturated heterocycles. The van der Waals surface area contributed by atoms with E-state index < -0.39 is 125 Å². The highest BCUT2D eigenvalue weighted by Gasteiger charge is 2.54. The summed E-state index contributed by atoms with van der Waals surface area (Å²) in [6, 6.07) is 0. The number of carbonyl (C=O) groups is 1. The minimum atomic E-state index is -1.98. The maximum absolute atomic E-state index is 11.6. The molecular formula is C20H34O18. The van der Waals surface area contributed by atoms with Crippen LogP contribution < -0.4 is 0 Å². The summed E-state index contributed by atoms with van der Waals surface area (Å²) in [5.41, 5.74) is 0. The minimum Gasteiger partial charge on any atom is -0.452 e. The zero-order chi connectivity index (χ0) is 28.3. The Bertz CT molecular complexity index is 753. The first-order valence-corrected chi connectivity index (χ1v) is 11.7. The van der Waals surface area contributed by atoms with Gasteiger partial charge in [0.2, 0.25) is 0 Å². The third-order valence-electron chi connectivity index (χ3n) is 6.46. The SMILES string of the molecule is O=C(CO)O[C@H]1[C@@H](O[C@H]2[C@H](O)[C@@H](O)[C@@H](O[C@H]3[C@H](O)[C@@H](O)C(O)O[C@@H]3CO)O[C@@H]2CO)O[C@H](CO)[C@@H](O)[C@@H]1O. The van der Waals surface area contributed by atoms with Gasteiger partial charge in [0.1, 0.15) is 73.8 Å². The topological polar surface area (TPSA) is 295 Å². The maximum Gasteiger partial charge on any atom is 0.332 e. The average Bonchev–Trinajstić information content (AvgIpc) is 2.91. The second-order valence-electron chi connectivity index (χ2n) is 8.96. The molecule has 18 heteroatoms. The lowest BCUT2D eigenvalue weighted by Gasteiger charge is -2.48. The quantitative estimate of drug-likeness (QED) is 0.116. The average molecular weight is 562 g/mol. The highest BCUT2D eigenvalue weighted by Crippen LogP contribution is 2.32. The second-order valence-corrected chi connectivity index (χ2v) is 8.96. The van der Waals surface area contributed by atoms with Crippen LogP contribution >= 0.6 is 0 Å². The predicted octanol–water partition coefficient (Wildman–Crippen LogP) is -8.03.